The highest BCUT2D eigenvalue weighted by Gasteiger charge is 2.24. The van der Waals surface area contributed by atoms with Gasteiger partial charge in [-0.05, 0) is 42.5 Å². The zero-order valence-electron chi connectivity index (χ0n) is 12.8. The molecule has 26 heavy (non-hydrogen) atoms. The monoisotopic (exact) mass is 454 g/mol. The fourth-order valence-corrected chi connectivity index (χ4v) is 3.35. The molecule has 0 saturated heterocycles. The van der Waals surface area contributed by atoms with Crippen molar-refractivity contribution in [3.05, 3.63) is 74.2 Å². The van der Waals surface area contributed by atoms with Crippen molar-refractivity contribution in [1.29, 1.82) is 0 Å². The van der Waals surface area contributed by atoms with Crippen LogP contribution in [0.3, 0.4) is 0 Å². The average Bonchev–Trinajstić information content (AvgIpc) is 2.59. The van der Waals surface area contributed by atoms with E-state index < -0.39 is 10.7 Å². The minimum Gasteiger partial charge on any atom is -0.332 e. The Bertz CT molecular complexity index is 975. The maximum atomic E-state index is 14.0. The summed E-state index contributed by atoms with van der Waals surface area (Å²) in [6.45, 7) is 0. The molecule has 132 valence electrons. The molecule has 1 aromatic heterocycles. The van der Waals surface area contributed by atoms with E-state index in [0.717, 1.165) is 16.7 Å². The molecular weight excluding hydrogens is 447 g/mol. The fourth-order valence-electron chi connectivity index (χ4n) is 2.03. The van der Waals surface area contributed by atoms with Crippen LogP contribution in [0.1, 0.15) is 0 Å². The molecular formula is C16H9BrClFN4O2S. The lowest BCUT2D eigenvalue weighted by molar-refractivity contribution is -0.387. The van der Waals surface area contributed by atoms with Crippen molar-refractivity contribution in [2.75, 3.05) is 5.32 Å². The first kappa shape index (κ1) is 18.6. The molecule has 10 heteroatoms. The second-order valence-corrected chi connectivity index (χ2v) is 7.35. The quantitative estimate of drug-likeness (QED) is 0.296. The Morgan fingerprint density at radius 2 is 1.92 bits per heavy atom. The number of benzene rings is 2. The molecule has 0 unspecified atom stereocenters. The van der Waals surface area contributed by atoms with Gasteiger partial charge in [-0.15, -0.1) is 0 Å². The predicted molar refractivity (Wildman–Crippen MR) is 102 cm³/mol. The van der Waals surface area contributed by atoms with Gasteiger partial charge in [0.2, 0.25) is 5.82 Å². The lowest BCUT2D eigenvalue weighted by Gasteiger charge is -2.09. The summed E-state index contributed by atoms with van der Waals surface area (Å²) in [5.74, 6) is -0.665. The molecule has 0 radical (unpaired) electrons. The van der Waals surface area contributed by atoms with E-state index in [9.17, 15) is 14.5 Å². The van der Waals surface area contributed by atoms with E-state index in [1.165, 1.54) is 18.5 Å². The highest BCUT2D eigenvalue weighted by Crippen LogP contribution is 2.38. The number of nitro groups is 1. The molecule has 0 saturated carbocycles. The van der Waals surface area contributed by atoms with Crippen molar-refractivity contribution in [2.24, 2.45) is 0 Å². The van der Waals surface area contributed by atoms with Crippen molar-refractivity contribution in [2.45, 2.75) is 9.92 Å². The summed E-state index contributed by atoms with van der Waals surface area (Å²) in [4.78, 5) is 19.6. The van der Waals surface area contributed by atoms with Crippen LogP contribution in [0.4, 0.5) is 21.6 Å². The molecule has 0 aliphatic rings. The van der Waals surface area contributed by atoms with Gasteiger partial charge >= 0.3 is 5.69 Å². The molecule has 0 spiro atoms. The summed E-state index contributed by atoms with van der Waals surface area (Å²) in [7, 11) is 0. The first-order valence-corrected chi connectivity index (χ1v) is 9.07. The van der Waals surface area contributed by atoms with Crippen LogP contribution in [0, 0.1) is 15.9 Å². The second-order valence-electron chi connectivity index (χ2n) is 4.94. The highest BCUT2D eigenvalue weighted by atomic mass is 79.9. The zero-order chi connectivity index (χ0) is 18.7. The molecule has 0 amide bonds. The Morgan fingerprint density at radius 1 is 1.19 bits per heavy atom. The summed E-state index contributed by atoms with van der Waals surface area (Å²) in [6, 6.07) is 11.1. The van der Waals surface area contributed by atoms with E-state index in [1.807, 2.05) is 0 Å². The van der Waals surface area contributed by atoms with Gasteiger partial charge in [0.05, 0.1) is 10.6 Å². The summed E-state index contributed by atoms with van der Waals surface area (Å²) in [5, 5.41) is 14.9. The minimum atomic E-state index is -0.600. The lowest BCUT2D eigenvalue weighted by atomic mass is 10.3. The van der Waals surface area contributed by atoms with Crippen molar-refractivity contribution in [3.8, 4) is 0 Å². The van der Waals surface area contributed by atoms with Crippen LogP contribution in [-0.2, 0) is 0 Å². The van der Waals surface area contributed by atoms with Crippen molar-refractivity contribution in [3.63, 3.8) is 0 Å². The van der Waals surface area contributed by atoms with Gasteiger partial charge in [-0.2, -0.15) is 0 Å². The molecule has 3 rings (SSSR count). The third-order valence-corrected chi connectivity index (χ3v) is 4.93. The van der Waals surface area contributed by atoms with E-state index in [-0.39, 0.29) is 22.2 Å². The normalized spacial score (nSPS) is 10.6. The second kappa shape index (κ2) is 7.98. The first-order chi connectivity index (χ1) is 12.4. The summed E-state index contributed by atoms with van der Waals surface area (Å²) in [6.07, 6.45) is 1.18. The Morgan fingerprint density at radius 3 is 2.58 bits per heavy atom. The number of nitrogens with zero attached hydrogens (tertiary/aromatic N) is 3. The van der Waals surface area contributed by atoms with Gasteiger partial charge in [0.1, 0.15) is 12.1 Å². The summed E-state index contributed by atoms with van der Waals surface area (Å²) >= 11 is 10.1. The van der Waals surface area contributed by atoms with Gasteiger partial charge in [-0.25, -0.2) is 14.4 Å². The van der Waals surface area contributed by atoms with Gasteiger partial charge in [-0.1, -0.05) is 39.3 Å². The number of nitrogens with one attached hydrogen (secondary N) is 1. The third kappa shape index (κ3) is 4.29. The van der Waals surface area contributed by atoms with E-state index in [1.54, 1.807) is 30.3 Å². The first-order valence-electron chi connectivity index (χ1n) is 7.09. The zero-order valence-corrected chi connectivity index (χ0v) is 16.0. The van der Waals surface area contributed by atoms with Crippen LogP contribution in [-0.4, -0.2) is 14.9 Å². The Balaban J connectivity index is 1.98. The van der Waals surface area contributed by atoms with Crippen LogP contribution >= 0.6 is 39.3 Å². The van der Waals surface area contributed by atoms with Crippen LogP contribution in [0.5, 0.6) is 0 Å². The third-order valence-electron chi connectivity index (χ3n) is 3.18. The summed E-state index contributed by atoms with van der Waals surface area (Å²) < 4.78 is 14.6. The van der Waals surface area contributed by atoms with E-state index in [2.05, 4.69) is 31.2 Å². The van der Waals surface area contributed by atoms with Crippen LogP contribution < -0.4 is 5.32 Å². The van der Waals surface area contributed by atoms with Gasteiger partial charge in [0.15, 0.2) is 5.03 Å². The molecule has 0 bridgehead atoms. The number of halogens is 3. The predicted octanol–water partition coefficient (Wildman–Crippen LogP) is 5.83. The van der Waals surface area contributed by atoms with E-state index in [4.69, 9.17) is 11.6 Å². The maximum Gasteiger partial charge on any atom is 0.343 e. The maximum absolute atomic E-state index is 14.0. The standard InChI is InChI=1S/C16H9BrClFN4O2S/c17-9-1-6-13(12(19)7-9)22-15-14(23(24)25)16(21-8-20-15)26-11-4-2-10(18)3-5-11/h1-8H,(H,20,21,22). The Hall–Kier alpha value is -2.23. The van der Waals surface area contributed by atoms with Gasteiger partial charge in [0, 0.05) is 14.4 Å². The van der Waals surface area contributed by atoms with Gasteiger partial charge in [0.25, 0.3) is 0 Å². The van der Waals surface area contributed by atoms with E-state index in [0.29, 0.717) is 9.50 Å². The molecule has 2 aromatic carbocycles. The Kier molecular flexibility index (Phi) is 5.70. The largest absolute Gasteiger partial charge is 0.343 e. The average molecular weight is 456 g/mol. The van der Waals surface area contributed by atoms with Crippen LogP contribution in [0.25, 0.3) is 0 Å². The number of anilines is 2. The van der Waals surface area contributed by atoms with Crippen molar-refractivity contribution >= 4 is 56.5 Å². The lowest BCUT2D eigenvalue weighted by Crippen LogP contribution is -2.03. The minimum absolute atomic E-state index is 0.0671. The van der Waals surface area contributed by atoms with Crippen LogP contribution in [0.2, 0.25) is 5.02 Å². The smallest absolute Gasteiger partial charge is 0.332 e. The fraction of sp³-hybridized carbons (Fsp3) is 0. The molecule has 0 fully saturated rings. The number of hydrogen-bond donors (Lipinski definition) is 1. The SMILES string of the molecule is O=[N+]([O-])c1c(Nc2ccc(Br)cc2F)ncnc1Sc1ccc(Cl)cc1. The Labute approximate surface area is 165 Å². The molecule has 0 aliphatic heterocycles. The summed E-state index contributed by atoms with van der Waals surface area (Å²) in [5.41, 5.74) is -0.271. The van der Waals surface area contributed by atoms with Crippen molar-refractivity contribution < 1.29 is 9.31 Å². The molecule has 1 N–H and O–H groups in total. The van der Waals surface area contributed by atoms with Crippen molar-refractivity contribution in [1.82, 2.24) is 9.97 Å². The van der Waals surface area contributed by atoms with Crippen LogP contribution in [0.15, 0.2) is 63.2 Å². The number of aromatic nitrogens is 2. The van der Waals surface area contributed by atoms with Gasteiger partial charge < -0.3 is 5.32 Å². The number of hydrogen-bond acceptors (Lipinski definition) is 6. The molecule has 6 nitrogen and oxygen atoms in total. The highest BCUT2D eigenvalue weighted by molar-refractivity contribution is 9.10. The van der Waals surface area contributed by atoms with E-state index >= 15 is 0 Å². The molecule has 3 aromatic rings. The topological polar surface area (TPSA) is 81.0 Å². The molecule has 0 atom stereocenters. The van der Waals surface area contributed by atoms with Gasteiger partial charge in [-0.3, -0.25) is 10.1 Å². The number of rotatable bonds is 5. The molecule has 1 heterocycles. The molecule has 0 aliphatic carbocycles.